The number of hydrogen-bond donors (Lipinski definition) is 1. The van der Waals surface area contributed by atoms with Crippen LogP contribution in [-0.4, -0.2) is 35.8 Å². The molecule has 0 saturated carbocycles. The summed E-state index contributed by atoms with van der Waals surface area (Å²) in [6.45, 7) is 4.45. The Morgan fingerprint density at radius 3 is 1.93 bits per heavy atom. The molecule has 0 aliphatic heterocycles. The molecule has 0 aliphatic carbocycles. The zero-order valence-corrected chi connectivity index (χ0v) is 13.7. The van der Waals surface area contributed by atoms with Crippen LogP contribution in [0.25, 0.3) is 0 Å². The maximum absolute atomic E-state index is 2.75. The van der Waals surface area contributed by atoms with E-state index in [9.17, 15) is 0 Å². The molecule has 0 spiro atoms. The standard InChI is InChI=1S/C8H9.C2H7N.2CH3.Bi/c1-7-5-3-4-6-8(7)2;1-3-2;;;/h3-5H,1-2H3;3H,1-2H3;2*1H3;. The van der Waals surface area contributed by atoms with Gasteiger partial charge in [0.05, 0.1) is 0 Å². The van der Waals surface area contributed by atoms with Gasteiger partial charge in [-0.3, -0.25) is 0 Å². The Balaban J connectivity index is 0.000000500. The Labute approximate surface area is 96.6 Å². The second-order valence-electron chi connectivity index (χ2n) is 3.61. The van der Waals surface area contributed by atoms with Crippen LogP contribution in [0, 0.1) is 13.8 Å². The summed E-state index contributed by atoms with van der Waals surface area (Å²) in [5, 5.41) is 2.75. The predicted molar refractivity (Wildman–Crippen MR) is 68.0 cm³/mol. The van der Waals surface area contributed by atoms with Gasteiger partial charge in [-0.25, -0.2) is 0 Å². The molecule has 1 aromatic rings. The van der Waals surface area contributed by atoms with E-state index in [0.717, 1.165) is 0 Å². The van der Waals surface area contributed by atoms with E-state index in [4.69, 9.17) is 0 Å². The SMILES string of the molecule is CNC.Cc1ccc[c]([Bi]([CH3])[CH3])c1C. The van der Waals surface area contributed by atoms with Crippen molar-refractivity contribution < 1.29 is 0 Å². The van der Waals surface area contributed by atoms with Crippen molar-refractivity contribution in [3.63, 3.8) is 0 Å². The van der Waals surface area contributed by atoms with Gasteiger partial charge in [-0.15, -0.1) is 0 Å². The molecular formula is C12H22BiN. The van der Waals surface area contributed by atoms with E-state index >= 15 is 0 Å². The first-order chi connectivity index (χ1) is 6.54. The van der Waals surface area contributed by atoms with Crippen LogP contribution in [0.4, 0.5) is 0 Å². The molecule has 80 valence electrons. The molecule has 1 nitrogen and oxygen atoms in total. The van der Waals surface area contributed by atoms with E-state index < -0.39 is 21.8 Å². The molecule has 2 heteroatoms. The fourth-order valence-electron chi connectivity index (χ4n) is 1.22. The summed E-state index contributed by atoms with van der Waals surface area (Å²) in [5.74, 6) is 0. The van der Waals surface area contributed by atoms with E-state index in [1.54, 1.807) is 3.27 Å². The molecule has 1 rings (SSSR count). The Morgan fingerprint density at radius 1 is 1.07 bits per heavy atom. The van der Waals surface area contributed by atoms with Crippen molar-refractivity contribution in [2.75, 3.05) is 14.1 Å². The van der Waals surface area contributed by atoms with Crippen LogP contribution < -0.4 is 8.59 Å². The van der Waals surface area contributed by atoms with Crippen LogP contribution in [0.3, 0.4) is 0 Å². The van der Waals surface area contributed by atoms with Gasteiger partial charge in [0, 0.05) is 0 Å². The average Bonchev–Trinajstić information content (AvgIpc) is 2.10. The van der Waals surface area contributed by atoms with Crippen LogP contribution in [0.15, 0.2) is 18.2 Å². The summed E-state index contributed by atoms with van der Waals surface area (Å²) in [6.07, 6.45) is 0. The normalized spacial score (nSPS) is 9.64. The first kappa shape index (κ1) is 14.1. The Bertz CT molecular complexity index is 269. The van der Waals surface area contributed by atoms with Gasteiger partial charge in [-0.2, -0.15) is 0 Å². The summed E-state index contributed by atoms with van der Waals surface area (Å²) in [4.78, 5) is 0. The van der Waals surface area contributed by atoms with Crippen molar-refractivity contribution >= 4 is 25.0 Å². The number of hydrogen-bond acceptors (Lipinski definition) is 1. The molecule has 0 fully saturated rings. The van der Waals surface area contributed by atoms with Crippen LogP contribution in [0.1, 0.15) is 11.1 Å². The number of benzene rings is 1. The van der Waals surface area contributed by atoms with Crippen molar-refractivity contribution in [3.05, 3.63) is 29.3 Å². The Morgan fingerprint density at radius 2 is 1.57 bits per heavy atom. The summed E-state index contributed by atoms with van der Waals surface area (Å²) in [5.41, 5.74) is 2.99. The molecule has 0 radical (unpaired) electrons. The van der Waals surface area contributed by atoms with Crippen molar-refractivity contribution in [2.24, 2.45) is 0 Å². The summed E-state index contributed by atoms with van der Waals surface area (Å²) in [6, 6.07) is 6.69. The third-order valence-corrected chi connectivity index (χ3v) is 7.69. The zero-order chi connectivity index (χ0) is 11.1. The van der Waals surface area contributed by atoms with Crippen LogP contribution in [-0.2, 0) is 0 Å². The van der Waals surface area contributed by atoms with Gasteiger partial charge >= 0.3 is 77.5 Å². The topological polar surface area (TPSA) is 12.0 Å². The van der Waals surface area contributed by atoms with Crippen molar-refractivity contribution in [1.29, 1.82) is 0 Å². The second kappa shape index (κ2) is 7.37. The molecule has 0 atom stereocenters. The molecule has 1 aromatic carbocycles. The van der Waals surface area contributed by atoms with Crippen molar-refractivity contribution in [1.82, 2.24) is 5.32 Å². The molecule has 0 aliphatic rings. The zero-order valence-electron chi connectivity index (χ0n) is 10.2. The molecular weight excluding hydrogens is 367 g/mol. The molecule has 0 aromatic heterocycles. The first-order valence-electron chi connectivity index (χ1n) is 4.86. The van der Waals surface area contributed by atoms with Gasteiger partial charge in [0.15, 0.2) is 0 Å². The third kappa shape index (κ3) is 4.53. The van der Waals surface area contributed by atoms with Crippen LogP contribution in [0.2, 0.25) is 9.26 Å². The minimum atomic E-state index is -1.18. The summed E-state index contributed by atoms with van der Waals surface area (Å²) in [7, 11) is 3.75. The van der Waals surface area contributed by atoms with Gasteiger partial charge < -0.3 is 5.32 Å². The van der Waals surface area contributed by atoms with Gasteiger partial charge in [-0.1, -0.05) is 0 Å². The third-order valence-electron chi connectivity index (χ3n) is 2.06. The summed E-state index contributed by atoms with van der Waals surface area (Å²) < 4.78 is 6.56. The fraction of sp³-hybridized carbons (Fsp3) is 0.500. The summed E-state index contributed by atoms with van der Waals surface area (Å²) >= 11 is -1.18. The van der Waals surface area contributed by atoms with Gasteiger partial charge in [0.25, 0.3) is 0 Å². The number of nitrogens with one attached hydrogen (secondary N) is 1. The molecule has 0 unspecified atom stereocenters. The molecule has 1 N–H and O–H groups in total. The van der Waals surface area contributed by atoms with E-state index in [0.29, 0.717) is 0 Å². The average molecular weight is 389 g/mol. The predicted octanol–water partition coefficient (Wildman–Crippen LogP) is 2.10. The van der Waals surface area contributed by atoms with Crippen LogP contribution in [0.5, 0.6) is 0 Å². The Hall–Kier alpha value is 0.0631. The van der Waals surface area contributed by atoms with E-state index in [2.05, 4.69) is 46.6 Å². The van der Waals surface area contributed by atoms with Crippen molar-refractivity contribution in [2.45, 2.75) is 23.1 Å². The minimum absolute atomic E-state index is 1.18. The molecule has 14 heavy (non-hydrogen) atoms. The molecule has 0 saturated heterocycles. The number of aryl methyl sites for hydroxylation is 1. The molecule has 0 heterocycles. The second-order valence-corrected chi connectivity index (χ2v) is 12.4. The first-order valence-corrected chi connectivity index (χ1v) is 13.6. The molecule has 0 amide bonds. The van der Waals surface area contributed by atoms with Gasteiger partial charge in [0.2, 0.25) is 0 Å². The number of rotatable bonds is 1. The van der Waals surface area contributed by atoms with E-state index in [1.807, 2.05) is 14.1 Å². The quantitative estimate of drug-likeness (QED) is 0.726. The fourth-order valence-corrected chi connectivity index (χ4v) is 6.01. The van der Waals surface area contributed by atoms with E-state index in [-0.39, 0.29) is 0 Å². The van der Waals surface area contributed by atoms with E-state index in [1.165, 1.54) is 11.1 Å². The van der Waals surface area contributed by atoms with Gasteiger partial charge in [0.1, 0.15) is 0 Å². The van der Waals surface area contributed by atoms with Crippen molar-refractivity contribution in [3.8, 4) is 0 Å². The molecule has 0 bridgehead atoms. The monoisotopic (exact) mass is 389 g/mol. The maximum atomic E-state index is 2.75. The Kier molecular flexibility index (Phi) is 7.40. The van der Waals surface area contributed by atoms with Crippen LogP contribution >= 0.6 is 0 Å². The van der Waals surface area contributed by atoms with Gasteiger partial charge in [-0.05, 0) is 14.1 Å².